The fourth-order valence-electron chi connectivity index (χ4n) is 3.94. The summed E-state index contributed by atoms with van der Waals surface area (Å²) in [4.78, 5) is 2.17. The molecule has 0 radical (unpaired) electrons. The molecule has 4 nitrogen and oxygen atoms in total. The van der Waals surface area contributed by atoms with E-state index >= 15 is 0 Å². The van der Waals surface area contributed by atoms with Crippen molar-refractivity contribution in [3.8, 4) is 11.5 Å². The molecule has 0 saturated heterocycles. The first-order valence-corrected chi connectivity index (χ1v) is 9.79. The van der Waals surface area contributed by atoms with Crippen LogP contribution in [-0.4, -0.2) is 45.8 Å². The molecule has 0 saturated carbocycles. The van der Waals surface area contributed by atoms with Gasteiger partial charge in [0.15, 0.2) is 11.5 Å². The van der Waals surface area contributed by atoms with Gasteiger partial charge < -0.3 is 19.7 Å². The second-order valence-corrected chi connectivity index (χ2v) is 7.65. The van der Waals surface area contributed by atoms with Crippen LogP contribution in [0.5, 0.6) is 11.5 Å². The summed E-state index contributed by atoms with van der Waals surface area (Å²) >= 11 is 0. The van der Waals surface area contributed by atoms with Crippen molar-refractivity contribution in [1.82, 2.24) is 10.2 Å². The maximum Gasteiger partial charge on any atom is 0.161 e. The van der Waals surface area contributed by atoms with Crippen LogP contribution < -0.4 is 14.8 Å². The smallest absolute Gasteiger partial charge is 0.161 e. The molecule has 0 fully saturated rings. The predicted octanol–water partition coefficient (Wildman–Crippen LogP) is 3.88. The molecule has 27 heavy (non-hydrogen) atoms. The van der Waals surface area contributed by atoms with Gasteiger partial charge >= 0.3 is 0 Å². The molecular weight excluding hydrogens is 336 g/mol. The van der Waals surface area contributed by atoms with Crippen molar-refractivity contribution in [3.63, 3.8) is 0 Å². The average Bonchev–Trinajstić information content (AvgIpc) is 2.64. The summed E-state index contributed by atoms with van der Waals surface area (Å²) in [5.74, 6) is 1.68. The first-order chi connectivity index (χ1) is 13.0. The van der Waals surface area contributed by atoms with Crippen LogP contribution in [0.2, 0.25) is 0 Å². The Morgan fingerprint density at radius 3 is 2.52 bits per heavy atom. The van der Waals surface area contributed by atoms with Crippen LogP contribution in [0, 0.1) is 13.8 Å². The van der Waals surface area contributed by atoms with Gasteiger partial charge in [-0.1, -0.05) is 18.2 Å². The fourth-order valence-corrected chi connectivity index (χ4v) is 3.94. The van der Waals surface area contributed by atoms with E-state index in [1.165, 1.54) is 27.8 Å². The number of aryl methyl sites for hydroxylation is 2. The minimum absolute atomic E-state index is 0.199. The zero-order chi connectivity index (χ0) is 19.4. The van der Waals surface area contributed by atoms with Crippen molar-refractivity contribution in [1.29, 1.82) is 0 Å². The van der Waals surface area contributed by atoms with E-state index < -0.39 is 0 Å². The molecule has 0 aliphatic carbocycles. The van der Waals surface area contributed by atoms with E-state index in [0.29, 0.717) is 6.61 Å². The fraction of sp³-hybridized carbons (Fsp3) is 0.478. The second-order valence-electron chi connectivity index (χ2n) is 7.65. The first kappa shape index (κ1) is 19.7. The Balaban J connectivity index is 1.93. The van der Waals surface area contributed by atoms with Crippen LogP contribution in [0.3, 0.4) is 0 Å². The SMILES string of the molecule is COc1cc2c(cc1OCCCN(C)C)C(c1c(C)cccc1C)NCC2. The summed E-state index contributed by atoms with van der Waals surface area (Å²) < 4.78 is 11.7. The molecule has 0 spiro atoms. The van der Waals surface area contributed by atoms with E-state index in [1.807, 2.05) is 0 Å². The van der Waals surface area contributed by atoms with Gasteiger partial charge in [-0.25, -0.2) is 0 Å². The number of hydrogen-bond donors (Lipinski definition) is 1. The number of fused-ring (bicyclic) bond motifs is 1. The van der Waals surface area contributed by atoms with E-state index in [-0.39, 0.29) is 6.04 Å². The van der Waals surface area contributed by atoms with Gasteiger partial charge in [-0.15, -0.1) is 0 Å². The molecule has 1 aliphatic heterocycles. The zero-order valence-electron chi connectivity index (χ0n) is 17.3. The summed E-state index contributed by atoms with van der Waals surface area (Å²) in [6, 6.07) is 11.1. The van der Waals surface area contributed by atoms with Gasteiger partial charge in [-0.05, 0) is 80.7 Å². The van der Waals surface area contributed by atoms with E-state index in [0.717, 1.165) is 37.4 Å². The van der Waals surface area contributed by atoms with Gasteiger partial charge in [0.25, 0.3) is 0 Å². The lowest BCUT2D eigenvalue weighted by Gasteiger charge is -2.30. The summed E-state index contributed by atoms with van der Waals surface area (Å²) in [6.45, 7) is 7.06. The Bertz CT molecular complexity index is 766. The summed E-state index contributed by atoms with van der Waals surface area (Å²) in [5.41, 5.74) is 6.68. The number of methoxy groups -OCH3 is 1. The van der Waals surface area contributed by atoms with Crippen LogP contribution in [0.4, 0.5) is 0 Å². The van der Waals surface area contributed by atoms with Gasteiger partial charge in [0, 0.05) is 13.1 Å². The highest BCUT2D eigenvalue weighted by atomic mass is 16.5. The third kappa shape index (κ3) is 4.45. The second kappa shape index (κ2) is 8.77. The Morgan fingerprint density at radius 1 is 1.11 bits per heavy atom. The lowest BCUT2D eigenvalue weighted by atomic mass is 9.85. The molecule has 146 valence electrons. The minimum Gasteiger partial charge on any atom is -0.493 e. The molecule has 1 unspecified atom stereocenters. The Labute approximate surface area is 163 Å². The molecule has 0 amide bonds. The molecular formula is C23H32N2O2. The predicted molar refractivity (Wildman–Crippen MR) is 111 cm³/mol. The number of benzene rings is 2. The Hall–Kier alpha value is -2.04. The van der Waals surface area contributed by atoms with Gasteiger partial charge in [0.05, 0.1) is 19.8 Å². The molecule has 0 bridgehead atoms. The molecule has 0 aromatic heterocycles. The van der Waals surface area contributed by atoms with E-state index in [2.05, 4.69) is 68.5 Å². The van der Waals surface area contributed by atoms with Crippen LogP contribution in [0.1, 0.15) is 40.3 Å². The molecule has 1 aliphatic rings. The van der Waals surface area contributed by atoms with E-state index in [1.54, 1.807) is 7.11 Å². The van der Waals surface area contributed by atoms with Crippen molar-refractivity contribution in [2.24, 2.45) is 0 Å². The van der Waals surface area contributed by atoms with Gasteiger partial charge in [-0.3, -0.25) is 0 Å². The standard InChI is InChI=1S/C23H32N2O2/c1-16-8-6-9-17(2)22(16)23-19-15-21(27-13-7-12-25(3)4)20(26-5)14-18(19)10-11-24-23/h6,8-9,14-15,23-24H,7,10-13H2,1-5H3. The summed E-state index contributed by atoms with van der Waals surface area (Å²) in [6.07, 6.45) is 2.00. The molecule has 2 aromatic carbocycles. The number of hydrogen-bond acceptors (Lipinski definition) is 4. The largest absolute Gasteiger partial charge is 0.493 e. The molecule has 4 heteroatoms. The highest BCUT2D eigenvalue weighted by Gasteiger charge is 2.26. The number of rotatable bonds is 7. The van der Waals surface area contributed by atoms with Crippen molar-refractivity contribution in [3.05, 3.63) is 58.1 Å². The summed E-state index contributed by atoms with van der Waals surface area (Å²) in [5, 5.41) is 3.72. The number of nitrogens with zero attached hydrogens (tertiary/aromatic N) is 1. The zero-order valence-corrected chi connectivity index (χ0v) is 17.3. The van der Waals surface area contributed by atoms with Crippen molar-refractivity contribution in [2.45, 2.75) is 32.7 Å². The maximum atomic E-state index is 6.11. The lowest BCUT2D eigenvalue weighted by Crippen LogP contribution is -2.31. The highest BCUT2D eigenvalue weighted by Crippen LogP contribution is 2.39. The quantitative estimate of drug-likeness (QED) is 0.752. The van der Waals surface area contributed by atoms with E-state index in [4.69, 9.17) is 9.47 Å². The highest BCUT2D eigenvalue weighted by molar-refractivity contribution is 5.53. The Morgan fingerprint density at radius 2 is 1.85 bits per heavy atom. The van der Waals surface area contributed by atoms with Crippen LogP contribution >= 0.6 is 0 Å². The molecule has 3 rings (SSSR count). The van der Waals surface area contributed by atoms with Crippen LogP contribution in [0.15, 0.2) is 30.3 Å². The van der Waals surface area contributed by atoms with Gasteiger partial charge in [-0.2, -0.15) is 0 Å². The summed E-state index contributed by atoms with van der Waals surface area (Å²) in [7, 11) is 5.89. The minimum atomic E-state index is 0.199. The van der Waals surface area contributed by atoms with Crippen LogP contribution in [-0.2, 0) is 6.42 Å². The molecule has 1 N–H and O–H groups in total. The number of ether oxygens (including phenoxy) is 2. The molecule has 1 heterocycles. The third-order valence-electron chi connectivity index (χ3n) is 5.32. The topological polar surface area (TPSA) is 33.7 Å². The maximum absolute atomic E-state index is 6.11. The van der Waals surface area contributed by atoms with Gasteiger partial charge in [0.2, 0.25) is 0 Å². The molecule has 1 atom stereocenters. The van der Waals surface area contributed by atoms with Crippen molar-refractivity contribution >= 4 is 0 Å². The monoisotopic (exact) mass is 368 g/mol. The van der Waals surface area contributed by atoms with Crippen LogP contribution in [0.25, 0.3) is 0 Å². The normalized spacial score (nSPS) is 16.3. The first-order valence-electron chi connectivity index (χ1n) is 9.79. The average molecular weight is 369 g/mol. The third-order valence-corrected chi connectivity index (χ3v) is 5.32. The number of nitrogens with one attached hydrogen (secondary N) is 1. The van der Waals surface area contributed by atoms with Crippen molar-refractivity contribution in [2.75, 3.05) is 40.9 Å². The Kier molecular flexibility index (Phi) is 6.40. The van der Waals surface area contributed by atoms with E-state index in [9.17, 15) is 0 Å². The molecule has 2 aromatic rings. The van der Waals surface area contributed by atoms with Crippen molar-refractivity contribution < 1.29 is 9.47 Å². The lowest BCUT2D eigenvalue weighted by molar-refractivity contribution is 0.267. The van der Waals surface area contributed by atoms with Gasteiger partial charge in [0.1, 0.15) is 0 Å².